The minimum atomic E-state index is -1.41. The molecule has 4 heteroatoms. The summed E-state index contributed by atoms with van der Waals surface area (Å²) in [5.74, 6) is 0. The first-order valence-corrected chi connectivity index (χ1v) is 11.0. The van der Waals surface area contributed by atoms with E-state index in [1.165, 1.54) is 51.7 Å². The van der Waals surface area contributed by atoms with E-state index in [4.69, 9.17) is 8.85 Å². The summed E-state index contributed by atoms with van der Waals surface area (Å²) in [6, 6.07) is 1.16. The Bertz CT molecular complexity index is 169. The highest BCUT2D eigenvalue weighted by Gasteiger charge is 2.13. The molecule has 0 aliphatic heterocycles. The molecule has 0 fully saturated rings. The molecule has 3 nitrogen and oxygen atoms in total. The lowest BCUT2D eigenvalue weighted by atomic mass is 10.2. The smallest absolute Gasteiger partial charge is 0.321 e. The molecule has 0 heterocycles. The zero-order chi connectivity index (χ0) is 15.8. The van der Waals surface area contributed by atoms with Crippen molar-refractivity contribution in [1.29, 1.82) is 0 Å². The van der Waals surface area contributed by atoms with Crippen molar-refractivity contribution in [2.45, 2.75) is 78.7 Å². The van der Waals surface area contributed by atoms with Crippen LogP contribution in [0.25, 0.3) is 0 Å². The van der Waals surface area contributed by atoms with E-state index in [0.29, 0.717) is 0 Å². The quantitative estimate of drug-likeness (QED) is 0.395. The van der Waals surface area contributed by atoms with Gasteiger partial charge < -0.3 is 13.8 Å². The van der Waals surface area contributed by atoms with Gasteiger partial charge in [-0.2, -0.15) is 0 Å². The summed E-state index contributed by atoms with van der Waals surface area (Å²) >= 11 is 0. The zero-order valence-electron chi connectivity index (χ0n) is 15.0. The Kier molecular flexibility index (Phi) is 16.5. The molecule has 0 aromatic heterocycles. The molecule has 21 heavy (non-hydrogen) atoms. The summed E-state index contributed by atoms with van der Waals surface area (Å²) in [6.07, 6.45) is 8.65. The van der Waals surface area contributed by atoms with Gasteiger partial charge in [-0.3, -0.25) is 0 Å². The van der Waals surface area contributed by atoms with Crippen LogP contribution in [0, 0.1) is 0 Å². The number of hydrogen-bond acceptors (Lipinski definition) is 3. The molecule has 0 N–H and O–H groups in total. The van der Waals surface area contributed by atoms with Crippen molar-refractivity contribution in [3.63, 3.8) is 0 Å². The van der Waals surface area contributed by atoms with Gasteiger partial charge in [0, 0.05) is 13.2 Å². The van der Waals surface area contributed by atoms with Gasteiger partial charge in [-0.25, -0.2) is 0 Å². The van der Waals surface area contributed by atoms with E-state index in [-0.39, 0.29) is 0 Å². The van der Waals surface area contributed by atoms with Crippen LogP contribution in [-0.4, -0.2) is 47.0 Å². The van der Waals surface area contributed by atoms with Gasteiger partial charge in [0.1, 0.15) is 0 Å². The lowest BCUT2D eigenvalue weighted by molar-refractivity contribution is 0.192. The number of hydrogen-bond donors (Lipinski definition) is 0. The molecule has 0 radical (unpaired) electrons. The normalized spacial score (nSPS) is 11.7. The Morgan fingerprint density at radius 1 is 0.667 bits per heavy atom. The molecule has 0 rings (SSSR count). The summed E-state index contributed by atoms with van der Waals surface area (Å²) in [5, 5.41) is 0. The monoisotopic (exact) mass is 317 g/mol. The number of nitrogens with zero attached hydrogens (tertiary/aromatic N) is 1. The summed E-state index contributed by atoms with van der Waals surface area (Å²) < 4.78 is 11.9. The molecule has 0 atom stereocenters. The maximum atomic E-state index is 5.94. The molecule has 0 amide bonds. The Labute approximate surface area is 135 Å². The van der Waals surface area contributed by atoms with Crippen molar-refractivity contribution in [3.8, 4) is 0 Å². The molecular formula is C17H39NO2Si. The van der Waals surface area contributed by atoms with Crippen LogP contribution < -0.4 is 0 Å². The summed E-state index contributed by atoms with van der Waals surface area (Å²) in [7, 11) is -1.41. The lowest BCUT2D eigenvalue weighted by Gasteiger charge is -2.23. The molecule has 0 spiro atoms. The first-order valence-electron chi connectivity index (χ1n) is 9.23. The highest BCUT2D eigenvalue weighted by Crippen LogP contribution is 2.07. The molecule has 0 bridgehead atoms. The average molecular weight is 318 g/mol. The van der Waals surface area contributed by atoms with Crippen LogP contribution in [-0.2, 0) is 8.85 Å². The number of unbranched alkanes of at least 4 members (excludes halogenated alkanes) is 2. The van der Waals surface area contributed by atoms with Crippen molar-refractivity contribution in [3.05, 3.63) is 0 Å². The van der Waals surface area contributed by atoms with E-state index >= 15 is 0 Å². The van der Waals surface area contributed by atoms with E-state index in [9.17, 15) is 0 Å². The number of rotatable bonds is 16. The van der Waals surface area contributed by atoms with Gasteiger partial charge in [0.2, 0.25) is 0 Å². The van der Waals surface area contributed by atoms with Crippen LogP contribution in [0.2, 0.25) is 6.04 Å². The second-order valence-corrected chi connectivity index (χ2v) is 7.97. The van der Waals surface area contributed by atoms with Gasteiger partial charge in [-0.1, -0.05) is 40.5 Å². The second-order valence-electron chi connectivity index (χ2n) is 5.86. The van der Waals surface area contributed by atoms with E-state index in [1.54, 1.807) is 0 Å². The molecular weight excluding hydrogens is 278 g/mol. The second kappa shape index (κ2) is 16.5. The Morgan fingerprint density at radius 3 is 1.57 bits per heavy atom. The van der Waals surface area contributed by atoms with E-state index in [2.05, 4.69) is 32.6 Å². The first kappa shape index (κ1) is 21.1. The van der Waals surface area contributed by atoms with E-state index in [0.717, 1.165) is 32.1 Å². The fraction of sp³-hybridized carbons (Fsp3) is 1.00. The fourth-order valence-corrected chi connectivity index (χ4v) is 4.24. The highest BCUT2D eigenvalue weighted by molar-refractivity contribution is 6.44. The SMILES string of the molecule is CCCCN(CCCC)CCC[SiH](OCCC)OCCC. The first-order chi connectivity index (χ1) is 10.3. The van der Waals surface area contributed by atoms with Gasteiger partial charge in [0.25, 0.3) is 0 Å². The van der Waals surface area contributed by atoms with Crippen LogP contribution in [0.5, 0.6) is 0 Å². The third-order valence-corrected chi connectivity index (χ3v) is 5.68. The molecule has 0 aliphatic rings. The van der Waals surface area contributed by atoms with E-state index in [1.807, 2.05) is 0 Å². The van der Waals surface area contributed by atoms with Gasteiger partial charge in [-0.05, 0) is 57.8 Å². The highest BCUT2D eigenvalue weighted by atomic mass is 28.3. The summed E-state index contributed by atoms with van der Waals surface area (Å²) in [5.41, 5.74) is 0. The predicted octanol–water partition coefficient (Wildman–Crippen LogP) is 4.35. The van der Waals surface area contributed by atoms with Gasteiger partial charge in [-0.15, -0.1) is 0 Å². The maximum Gasteiger partial charge on any atom is 0.321 e. The van der Waals surface area contributed by atoms with Crippen molar-refractivity contribution < 1.29 is 8.85 Å². The topological polar surface area (TPSA) is 21.7 Å². The Hall–Kier alpha value is 0.0969. The third-order valence-electron chi connectivity index (χ3n) is 3.59. The van der Waals surface area contributed by atoms with Gasteiger partial charge in [0.05, 0.1) is 0 Å². The van der Waals surface area contributed by atoms with Crippen molar-refractivity contribution in [1.82, 2.24) is 4.90 Å². The van der Waals surface area contributed by atoms with Crippen LogP contribution in [0.15, 0.2) is 0 Å². The Balaban J connectivity index is 3.96. The Morgan fingerprint density at radius 2 is 1.14 bits per heavy atom. The molecule has 128 valence electrons. The molecule has 0 aromatic rings. The van der Waals surface area contributed by atoms with Crippen molar-refractivity contribution >= 4 is 9.28 Å². The maximum absolute atomic E-state index is 5.94. The molecule has 0 unspecified atom stereocenters. The van der Waals surface area contributed by atoms with Crippen LogP contribution in [0.4, 0.5) is 0 Å². The van der Waals surface area contributed by atoms with Crippen LogP contribution in [0.3, 0.4) is 0 Å². The zero-order valence-corrected chi connectivity index (χ0v) is 16.2. The molecule has 0 saturated carbocycles. The largest absolute Gasteiger partial charge is 0.397 e. The lowest BCUT2D eigenvalue weighted by Crippen LogP contribution is -2.30. The summed E-state index contributed by atoms with van der Waals surface area (Å²) in [4.78, 5) is 2.64. The minimum absolute atomic E-state index is 0.871. The summed E-state index contributed by atoms with van der Waals surface area (Å²) in [6.45, 7) is 14.4. The van der Waals surface area contributed by atoms with Crippen molar-refractivity contribution in [2.24, 2.45) is 0 Å². The van der Waals surface area contributed by atoms with Crippen LogP contribution >= 0.6 is 0 Å². The van der Waals surface area contributed by atoms with Crippen molar-refractivity contribution in [2.75, 3.05) is 32.8 Å². The van der Waals surface area contributed by atoms with Gasteiger partial charge in [0.15, 0.2) is 0 Å². The van der Waals surface area contributed by atoms with Gasteiger partial charge >= 0.3 is 9.28 Å². The average Bonchev–Trinajstić information content (AvgIpc) is 2.51. The minimum Gasteiger partial charge on any atom is -0.397 e. The standard InChI is InChI=1S/C17H39NO2Si/c1-5-9-12-18(13-10-6-2)14-11-17-21(19-15-7-3)20-16-8-4/h21H,5-17H2,1-4H3. The molecule has 0 saturated heterocycles. The molecule has 0 aliphatic carbocycles. The van der Waals surface area contributed by atoms with E-state index < -0.39 is 9.28 Å². The third kappa shape index (κ3) is 13.5. The molecule has 0 aromatic carbocycles. The fourth-order valence-electron chi connectivity index (χ4n) is 2.29. The van der Waals surface area contributed by atoms with Crippen LogP contribution in [0.1, 0.15) is 72.6 Å². The predicted molar refractivity (Wildman–Crippen MR) is 95.3 cm³/mol.